The van der Waals surface area contributed by atoms with Gasteiger partial charge in [-0.1, -0.05) is 23.2 Å². The van der Waals surface area contributed by atoms with E-state index < -0.39 is 29.9 Å². The van der Waals surface area contributed by atoms with Crippen molar-refractivity contribution in [3.05, 3.63) is 39.4 Å². The predicted octanol–water partition coefficient (Wildman–Crippen LogP) is 5.32. The molecule has 2 aromatic heterocycles. The molecule has 0 spiro atoms. The molecule has 0 aliphatic carbocycles. The number of nitrogens with one attached hydrogen (secondary N) is 1. The highest BCUT2D eigenvalue weighted by Gasteiger charge is 2.31. The summed E-state index contributed by atoms with van der Waals surface area (Å²) in [6.45, 7) is 2.95. The number of ether oxygens (including phenoxy) is 1. The molecule has 1 atom stereocenters. The summed E-state index contributed by atoms with van der Waals surface area (Å²) in [5, 5.41) is 2.14. The predicted molar refractivity (Wildman–Crippen MR) is 89.6 cm³/mol. The van der Waals surface area contributed by atoms with Crippen molar-refractivity contribution in [2.24, 2.45) is 0 Å². The minimum Gasteiger partial charge on any atom is -0.474 e. The van der Waals surface area contributed by atoms with Crippen molar-refractivity contribution in [1.82, 2.24) is 15.0 Å². The molecule has 12 heteroatoms. The minimum absolute atomic E-state index is 0.0120. The third-order valence-corrected chi connectivity index (χ3v) is 3.83. The van der Waals surface area contributed by atoms with Gasteiger partial charge in [0.15, 0.2) is 0 Å². The third-order valence-electron chi connectivity index (χ3n) is 3.18. The Balaban J connectivity index is 2.06. The largest absolute Gasteiger partial charge is 0.474 e. The van der Waals surface area contributed by atoms with Crippen molar-refractivity contribution in [2.75, 3.05) is 11.9 Å². The Labute approximate surface area is 160 Å². The van der Waals surface area contributed by atoms with Crippen LogP contribution in [0.1, 0.15) is 30.4 Å². The molecule has 0 fully saturated rings. The van der Waals surface area contributed by atoms with Crippen LogP contribution in [0.4, 0.5) is 27.8 Å². The van der Waals surface area contributed by atoms with E-state index in [0.29, 0.717) is 12.3 Å². The lowest BCUT2D eigenvalue weighted by atomic mass is 10.3. The Bertz CT molecular complexity index is 820. The highest BCUT2D eigenvalue weighted by Crippen LogP contribution is 2.33. The first-order valence-electron chi connectivity index (χ1n) is 7.43. The minimum atomic E-state index is -4.58. The van der Waals surface area contributed by atoms with Crippen molar-refractivity contribution >= 4 is 29.0 Å². The van der Waals surface area contributed by atoms with Crippen LogP contribution in [-0.2, 0) is 6.18 Å². The topological polar surface area (TPSA) is 59.9 Å². The first kappa shape index (κ1) is 21.4. The van der Waals surface area contributed by atoms with E-state index in [1.807, 2.05) is 0 Å². The molecule has 148 valence electrons. The highest BCUT2D eigenvalue weighted by molar-refractivity contribution is 6.33. The van der Waals surface area contributed by atoms with Crippen molar-refractivity contribution in [3.8, 4) is 5.88 Å². The normalized spacial score (nSPS) is 13.0. The fourth-order valence-corrected chi connectivity index (χ4v) is 2.43. The van der Waals surface area contributed by atoms with Crippen LogP contribution in [0.5, 0.6) is 5.88 Å². The number of aromatic nitrogens is 3. The van der Waals surface area contributed by atoms with Crippen LogP contribution in [0.2, 0.25) is 10.0 Å². The number of rotatable bonds is 6. The molecule has 5 nitrogen and oxygen atoms in total. The quantitative estimate of drug-likeness (QED) is 0.628. The summed E-state index contributed by atoms with van der Waals surface area (Å²) >= 11 is 11.6. The summed E-state index contributed by atoms with van der Waals surface area (Å²) in [4.78, 5) is 11.1. The molecular formula is C15H13Cl2F5N4O. The molecule has 1 N–H and O–H groups in total. The number of halogens is 7. The van der Waals surface area contributed by atoms with Gasteiger partial charge in [0.1, 0.15) is 34.0 Å². The number of anilines is 1. The zero-order valence-electron chi connectivity index (χ0n) is 13.9. The molecule has 0 aromatic carbocycles. The molecule has 0 saturated carbocycles. The van der Waals surface area contributed by atoms with Crippen molar-refractivity contribution in [2.45, 2.75) is 32.5 Å². The van der Waals surface area contributed by atoms with Crippen molar-refractivity contribution in [1.29, 1.82) is 0 Å². The van der Waals surface area contributed by atoms with Crippen LogP contribution in [0.15, 0.2) is 12.3 Å². The van der Waals surface area contributed by atoms with E-state index in [4.69, 9.17) is 27.9 Å². The zero-order chi connectivity index (χ0) is 20.4. The lowest BCUT2D eigenvalue weighted by Gasteiger charge is -2.18. The molecule has 0 unspecified atom stereocenters. The monoisotopic (exact) mass is 430 g/mol. The molecule has 0 amide bonds. The van der Waals surface area contributed by atoms with Gasteiger partial charge in [-0.25, -0.2) is 23.7 Å². The van der Waals surface area contributed by atoms with Gasteiger partial charge in [0.25, 0.3) is 6.43 Å². The highest BCUT2D eigenvalue weighted by atomic mass is 35.5. The van der Waals surface area contributed by atoms with Crippen LogP contribution in [0, 0.1) is 6.92 Å². The summed E-state index contributed by atoms with van der Waals surface area (Å²) in [6.07, 6.45) is -6.85. The molecule has 2 rings (SSSR count). The van der Waals surface area contributed by atoms with Gasteiger partial charge in [-0.3, -0.25) is 0 Å². The Hall–Kier alpha value is -1.94. The SMILES string of the molecule is Cc1nc(N[C@@H](C)COc2ncc(C(F)(F)F)cc2Cl)c(Cl)c(C(F)F)n1. The lowest BCUT2D eigenvalue weighted by Crippen LogP contribution is -2.25. The maximum atomic E-state index is 12.9. The van der Waals surface area contributed by atoms with Gasteiger partial charge in [-0.2, -0.15) is 13.2 Å². The molecule has 0 bridgehead atoms. The van der Waals surface area contributed by atoms with Gasteiger partial charge in [0.2, 0.25) is 5.88 Å². The van der Waals surface area contributed by atoms with Gasteiger partial charge in [-0.05, 0) is 19.9 Å². The average Bonchev–Trinajstić information content (AvgIpc) is 2.55. The first-order valence-corrected chi connectivity index (χ1v) is 8.19. The molecule has 0 aliphatic heterocycles. The number of alkyl halides is 5. The van der Waals surface area contributed by atoms with Crippen LogP contribution in [0.25, 0.3) is 0 Å². The Morgan fingerprint density at radius 1 is 1.22 bits per heavy atom. The second-order valence-corrected chi connectivity index (χ2v) is 6.27. The van der Waals surface area contributed by atoms with Crippen LogP contribution >= 0.6 is 23.2 Å². The number of hydrogen-bond donors (Lipinski definition) is 1. The third kappa shape index (κ3) is 5.52. The van der Waals surface area contributed by atoms with E-state index in [1.165, 1.54) is 6.92 Å². The van der Waals surface area contributed by atoms with E-state index in [-0.39, 0.29) is 34.2 Å². The molecule has 2 heterocycles. The van der Waals surface area contributed by atoms with Gasteiger partial charge < -0.3 is 10.1 Å². The van der Waals surface area contributed by atoms with Crippen molar-refractivity contribution < 1.29 is 26.7 Å². The molecular weight excluding hydrogens is 418 g/mol. The van der Waals surface area contributed by atoms with E-state index in [9.17, 15) is 22.0 Å². The number of pyridine rings is 1. The zero-order valence-corrected chi connectivity index (χ0v) is 15.4. The fourth-order valence-electron chi connectivity index (χ4n) is 1.99. The molecule has 0 aliphatic rings. The van der Waals surface area contributed by atoms with Gasteiger partial charge in [0, 0.05) is 6.20 Å². The average molecular weight is 431 g/mol. The van der Waals surface area contributed by atoms with E-state index in [1.54, 1.807) is 6.92 Å². The summed E-state index contributed by atoms with van der Waals surface area (Å²) in [5.41, 5.74) is -1.61. The van der Waals surface area contributed by atoms with E-state index in [2.05, 4.69) is 20.3 Å². The van der Waals surface area contributed by atoms with Crippen LogP contribution in [0.3, 0.4) is 0 Å². The van der Waals surface area contributed by atoms with E-state index >= 15 is 0 Å². The lowest BCUT2D eigenvalue weighted by molar-refractivity contribution is -0.137. The first-order chi connectivity index (χ1) is 12.5. The number of nitrogens with zero attached hydrogens (tertiary/aromatic N) is 3. The van der Waals surface area contributed by atoms with Gasteiger partial charge in [-0.15, -0.1) is 0 Å². The van der Waals surface area contributed by atoms with Crippen LogP contribution < -0.4 is 10.1 Å². The summed E-state index contributed by atoms with van der Waals surface area (Å²) in [6, 6.07) is 0.184. The smallest absolute Gasteiger partial charge is 0.417 e. The summed E-state index contributed by atoms with van der Waals surface area (Å²) < 4.78 is 68.9. The Morgan fingerprint density at radius 3 is 2.44 bits per heavy atom. The molecule has 0 radical (unpaired) electrons. The number of aryl methyl sites for hydroxylation is 1. The standard InChI is InChI=1S/C15H13Cl2F5N4O/c1-6(24-13-10(17)11(12(18)19)25-7(2)26-13)5-27-14-9(16)3-8(4-23-14)15(20,21)22/h3-4,6,12H,5H2,1-2H3,(H,24,25,26)/t6-/m0/s1. The Kier molecular flexibility index (Phi) is 6.63. The molecule has 2 aromatic rings. The maximum Gasteiger partial charge on any atom is 0.417 e. The Morgan fingerprint density at radius 2 is 1.89 bits per heavy atom. The molecule has 27 heavy (non-hydrogen) atoms. The van der Waals surface area contributed by atoms with Gasteiger partial charge >= 0.3 is 6.18 Å². The van der Waals surface area contributed by atoms with E-state index in [0.717, 1.165) is 0 Å². The van der Waals surface area contributed by atoms with Crippen molar-refractivity contribution in [3.63, 3.8) is 0 Å². The maximum absolute atomic E-state index is 12.9. The van der Waals surface area contributed by atoms with Gasteiger partial charge in [0.05, 0.1) is 11.6 Å². The molecule has 0 saturated heterocycles. The summed E-state index contributed by atoms with van der Waals surface area (Å²) in [7, 11) is 0. The second-order valence-electron chi connectivity index (χ2n) is 5.48. The fraction of sp³-hybridized carbons (Fsp3) is 0.400. The number of hydrogen-bond acceptors (Lipinski definition) is 5. The van der Waals surface area contributed by atoms with Crippen LogP contribution in [-0.4, -0.2) is 27.6 Å². The second kappa shape index (κ2) is 8.39. The summed E-state index contributed by atoms with van der Waals surface area (Å²) in [5.74, 6) is -0.114.